The normalized spacial score (nSPS) is 18.7. The number of carbonyl (C=O) groups excluding carboxylic acids is 2. The molecule has 3 aromatic rings. The lowest BCUT2D eigenvalue weighted by molar-refractivity contribution is -0.142. The number of halogens is 2. The van der Waals surface area contributed by atoms with E-state index in [0.717, 1.165) is 27.0 Å². The van der Waals surface area contributed by atoms with Gasteiger partial charge in [0.1, 0.15) is 10.4 Å². The Balaban J connectivity index is 1.52. The van der Waals surface area contributed by atoms with Gasteiger partial charge in [0, 0.05) is 12.7 Å². The average Bonchev–Trinajstić information content (AvgIpc) is 3.38. The van der Waals surface area contributed by atoms with Gasteiger partial charge in [-0.05, 0) is 30.0 Å². The van der Waals surface area contributed by atoms with Gasteiger partial charge < -0.3 is 20.3 Å². The molecule has 9 heteroatoms. The monoisotopic (exact) mass is 479 g/mol. The smallest absolute Gasteiger partial charge is 0.251 e. The molecule has 0 bridgehead atoms. The Kier molecular flexibility index (Phi) is 6.30. The lowest BCUT2D eigenvalue weighted by atomic mass is 10.0. The van der Waals surface area contributed by atoms with Crippen LogP contribution in [0.15, 0.2) is 30.3 Å². The molecule has 6 nitrogen and oxygen atoms in total. The summed E-state index contributed by atoms with van der Waals surface area (Å²) in [5, 5.41) is 13.6. The van der Waals surface area contributed by atoms with Crippen molar-refractivity contribution in [1.82, 2.24) is 15.2 Å². The number of hydrogen-bond acceptors (Lipinski definition) is 4. The van der Waals surface area contributed by atoms with E-state index in [1.165, 1.54) is 11.3 Å². The van der Waals surface area contributed by atoms with E-state index in [0.29, 0.717) is 22.2 Å². The molecule has 164 valence electrons. The minimum atomic E-state index is -1.06. The van der Waals surface area contributed by atoms with Gasteiger partial charge >= 0.3 is 0 Å². The fourth-order valence-corrected chi connectivity index (χ4v) is 5.73. The minimum absolute atomic E-state index is 0.157. The Labute approximate surface area is 194 Å². The van der Waals surface area contributed by atoms with Crippen molar-refractivity contribution in [3.8, 4) is 0 Å². The molecule has 1 aliphatic carbocycles. The number of aromatic nitrogens is 1. The second kappa shape index (κ2) is 8.82. The summed E-state index contributed by atoms with van der Waals surface area (Å²) >= 11 is 13.6. The summed E-state index contributed by atoms with van der Waals surface area (Å²) in [6.45, 7) is 1.76. The summed E-state index contributed by atoms with van der Waals surface area (Å²) in [6, 6.07) is 9.11. The highest BCUT2D eigenvalue weighted by molar-refractivity contribution is 7.23. The summed E-state index contributed by atoms with van der Waals surface area (Å²) in [5.74, 6) is -0.504. The van der Waals surface area contributed by atoms with Crippen molar-refractivity contribution in [2.45, 2.75) is 44.4 Å². The van der Waals surface area contributed by atoms with Crippen molar-refractivity contribution in [3.63, 3.8) is 0 Å². The lowest BCUT2D eigenvalue weighted by Gasteiger charge is -2.32. The van der Waals surface area contributed by atoms with Crippen molar-refractivity contribution in [1.29, 1.82) is 0 Å². The number of benzene rings is 1. The summed E-state index contributed by atoms with van der Waals surface area (Å²) in [4.78, 5) is 30.2. The van der Waals surface area contributed by atoms with Crippen LogP contribution in [0.5, 0.6) is 0 Å². The van der Waals surface area contributed by atoms with Gasteiger partial charge in [0.05, 0.1) is 33.7 Å². The zero-order chi connectivity index (χ0) is 22.3. The third-order valence-electron chi connectivity index (χ3n) is 5.76. The van der Waals surface area contributed by atoms with Crippen LogP contribution in [0.25, 0.3) is 10.2 Å². The molecule has 1 aliphatic rings. The first kappa shape index (κ1) is 22.1. The number of carbonyl (C=O) groups is 2. The van der Waals surface area contributed by atoms with Crippen LogP contribution in [0, 0.1) is 0 Å². The lowest BCUT2D eigenvalue weighted by Crippen LogP contribution is -2.47. The van der Waals surface area contributed by atoms with Crippen molar-refractivity contribution in [2.24, 2.45) is 0 Å². The minimum Gasteiger partial charge on any atom is -0.383 e. The molecule has 0 radical (unpaired) electrons. The Hall–Kier alpha value is -2.06. The van der Waals surface area contributed by atoms with Crippen LogP contribution in [-0.2, 0) is 22.4 Å². The van der Waals surface area contributed by atoms with Gasteiger partial charge in [-0.3, -0.25) is 9.59 Å². The Morgan fingerprint density at radius 1 is 1.35 bits per heavy atom. The summed E-state index contributed by atoms with van der Waals surface area (Å²) in [5.41, 5.74) is 3.57. The van der Waals surface area contributed by atoms with Crippen molar-refractivity contribution >= 4 is 56.6 Å². The van der Waals surface area contributed by atoms with E-state index >= 15 is 0 Å². The van der Waals surface area contributed by atoms with Crippen molar-refractivity contribution < 1.29 is 14.7 Å². The maximum Gasteiger partial charge on any atom is 0.251 e. The number of nitrogens with one attached hydrogen (secondary N) is 2. The maximum atomic E-state index is 12.9. The van der Waals surface area contributed by atoms with Crippen molar-refractivity contribution in [2.75, 3.05) is 7.05 Å². The predicted molar refractivity (Wildman–Crippen MR) is 124 cm³/mol. The molecule has 2 heterocycles. The third kappa shape index (κ3) is 4.20. The molecule has 2 amide bonds. The highest BCUT2D eigenvalue weighted by atomic mass is 35.5. The number of nitrogens with zero attached hydrogens (tertiary/aromatic N) is 1. The molecule has 0 aliphatic heterocycles. The molecule has 4 rings (SSSR count). The molecule has 0 saturated carbocycles. The van der Waals surface area contributed by atoms with E-state index in [1.807, 2.05) is 30.3 Å². The van der Waals surface area contributed by atoms with Gasteiger partial charge in [-0.2, -0.15) is 0 Å². The second-order valence-electron chi connectivity index (χ2n) is 7.80. The van der Waals surface area contributed by atoms with E-state index in [2.05, 4.69) is 10.3 Å². The number of thiophene rings is 1. The number of amides is 2. The first-order chi connectivity index (χ1) is 14.8. The number of hydrogen-bond donors (Lipinski definition) is 3. The molecule has 3 N–H and O–H groups in total. The summed E-state index contributed by atoms with van der Waals surface area (Å²) in [6.07, 6.45) is 0.0562. The molecule has 0 saturated heterocycles. The molecule has 1 aromatic carbocycles. The van der Waals surface area contributed by atoms with Crippen LogP contribution in [0.2, 0.25) is 9.36 Å². The zero-order valence-corrected chi connectivity index (χ0v) is 19.4. The van der Waals surface area contributed by atoms with Crippen LogP contribution >= 0.6 is 34.5 Å². The number of aliphatic hydroxyl groups is 1. The van der Waals surface area contributed by atoms with Crippen LogP contribution in [-0.4, -0.2) is 46.0 Å². The molecule has 0 spiro atoms. The first-order valence-corrected chi connectivity index (χ1v) is 11.6. The van der Waals surface area contributed by atoms with Gasteiger partial charge in [0.25, 0.3) is 5.91 Å². The number of aliphatic hydroxyl groups excluding tert-OH is 1. The highest BCUT2D eigenvalue weighted by Gasteiger charge is 2.38. The Bertz CT molecular complexity index is 1140. The van der Waals surface area contributed by atoms with Gasteiger partial charge in [-0.1, -0.05) is 54.4 Å². The summed E-state index contributed by atoms with van der Waals surface area (Å²) in [7, 11) is 1.68. The van der Waals surface area contributed by atoms with E-state index in [1.54, 1.807) is 18.9 Å². The summed E-state index contributed by atoms with van der Waals surface area (Å²) < 4.78 is 1.43. The van der Waals surface area contributed by atoms with Gasteiger partial charge in [-0.25, -0.2) is 0 Å². The molecule has 2 aromatic heterocycles. The largest absolute Gasteiger partial charge is 0.383 e. The highest BCUT2D eigenvalue weighted by Crippen LogP contribution is 2.39. The standard InChI is InChI=1S/C22H23Cl2N3O3S/c1-3-15(28)22(30)27(2)20-13-7-5-4-6-11(13)8-14(20)26-17(29)10-12-9-16-19(25-12)18(23)21(24)31-16/h4-7,9,14-15,20,25,28H,3,8,10H2,1-2H3,(H,26,29)/t14-,15+,20-/m1/s1. The molecule has 31 heavy (non-hydrogen) atoms. The first-order valence-electron chi connectivity index (χ1n) is 10.1. The van der Waals surface area contributed by atoms with E-state index in [9.17, 15) is 14.7 Å². The van der Waals surface area contributed by atoms with Crippen LogP contribution in [0.4, 0.5) is 0 Å². The number of fused-ring (bicyclic) bond motifs is 2. The molecular formula is C22H23Cl2N3O3S. The predicted octanol–water partition coefficient (Wildman–Crippen LogP) is 4.09. The Morgan fingerprint density at radius 2 is 2.10 bits per heavy atom. The third-order valence-corrected chi connectivity index (χ3v) is 7.69. The van der Waals surface area contributed by atoms with Crippen LogP contribution in [0.3, 0.4) is 0 Å². The number of likely N-dealkylation sites (N-methyl/N-ethyl adjacent to an activating group) is 1. The molecule has 0 unspecified atom stereocenters. The average molecular weight is 480 g/mol. The maximum absolute atomic E-state index is 12.9. The fraction of sp³-hybridized carbons (Fsp3) is 0.364. The van der Waals surface area contributed by atoms with E-state index in [-0.39, 0.29) is 30.3 Å². The van der Waals surface area contributed by atoms with Crippen LogP contribution < -0.4 is 5.32 Å². The zero-order valence-electron chi connectivity index (χ0n) is 17.1. The number of aromatic amines is 1. The van der Waals surface area contributed by atoms with Crippen molar-refractivity contribution in [3.05, 3.63) is 56.5 Å². The van der Waals surface area contributed by atoms with Crippen LogP contribution in [0.1, 0.15) is 36.2 Å². The van der Waals surface area contributed by atoms with Gasteiger partial charge in [0.15, 0.2) is 0 Å². The SMILES string of the molecule is CC[C@H](O)C(=O)N(C)[C@@H]1c2ccccc2C[C@H]1NC(=O)Cc1cc2sc(Cl)c(Cl)c2[nH]1. The fourth-order valence-electron chi connectivity index (χ4n) is 4.23. The molecule has 0 fully saturated rings. The van der Waals surface area contributed by atoms with Gasteiger partial charge in [0.2, 0.25) is 5.91 Å². The number of rotatable bonds is 6. The number of H-pyrrole nitrogens is 1. The van der Waals surface area contributed by atoms with E-state index in [4.69, 9.17) is 23.2 Å². The quantitative estimate of drug-likeness (QED) is 0.497. The molecule has 3 atom stereocenters. The Morgan fingerprint density at radius 3 is 2.81 bits per heavy atom. The molecular weight excluding hydrogens is 457 g/mol. The second-order valence-corrected chi connectivity index (χ2v) is 9.83. The van der Waals surface area contributed by atoms with Gasteiger partial charge in [-0.15, -0.1) is 11.3 Å². The topological polar surface area (TPSA) is 85.4 Å². The van der Waals surface area contributed by atoms with E-state index < -0.39 is 6.10 Å².